The van der Waals surface area contributed by atoms with Gasteiger partial charge < -0.3 is 28.6 Å². The number of ether oxygens (including phenoxy) is 2. The van der Waals surface area contributed by atoms with Gasteiger partial charge in [0.1, 0.15) is 17.4 Å². The van der Waals surface area contributed by atoms with Crippen molar-refractivity contribution in [3.8, 4) is 0 Å². The smallest absolute Gasteiger partial charge is 0.303 e. The molecular weight excluding hydrogens is 932 g/mol. The minimum Gasteiger partial charge on any atom is -0.458 e. The van der Waals surface area contributed by atoms with Crippen LogP contribution < -0.4 is 10.6 Å². The van der Waals surface area contributed by atoms with Crippen LogP contribution in [0.4, 0.5) is 0 Å². The molecule has 0 saturated carbocycles. The second-order valence-corrected chi connectivity index (χ2v) is 18.6. The van der Waals surface area contributed by atoms with Crippen molar-refractivity contribution in [3.63, 3.8) is 0 Å². The number of benzene rings is 5. The fourth-order valence-corrected chi connectivity index (χ4v) is 11.7. The molecule has 2 unspecified atom stereocenters. The number of fused-ring (bicyclic) bond motifs is 12. The van der Waals surface area contributed by atoms with Gasteiger partial charge >= 0.3 is 11.9 Å². The van der Waals surface area contributed by atoms with Crippen LogP contribution in [0.2, 0.25) is 5.15 Å². The molecule has 4 atom stereocenters. The molecule has 4 N–H and O–H groups in total. The number of imide groups is 2. The van der Waals surface area contributed by atoms with Gasteiger partial charge in [-0.1, -0.05) is 104 Å². The SMILES string of the molecule is C.CC(=O)O[C@@H]1C=CC(n2c(Cl)c(C3=C(c4c[nH]c5ccccc45)C(=O)NC3=O)c3ccccc32)CC1.CC(=O)O[C@@H]1C=CC(n2c3ccccc3c3c4c(c5c6ccccc6[nH]c5c32)C(=O)NC4=O)CC1. The fourth-order valence-electron chi connectivity index (χ4n) is 11.3. The zero-order chi connectivity index (χ0) is 48.8. The van der Waals surface area contributed by atoms with Gasteiger partial charge in [0.15, 0.2) is 0 Å². The van der Waals surface area contributed by atoms with Crippen LogP contribution in [0.1, 0.15) is 90.9 Å². The number of halogens is 1. The third kappa shape index (κ3) is 7.23. The van der Waals surface area contributed by atoms with E-state index in [2.05, 4.69) is 37.3 Å². The monoisotopic (exact) mass is 978 g/mol. The summed E-state index contributed by atoms with van der Waals surface area (Å²) in [6.45, 7) is 2.82. The van der Waals surface area contributed by atoms with Crippen molar-refractivity contribution >= 4 is 124 Å². The molecule has 2 aliphatic carbocycles. The zero-order valence-corrected chi connectivity index (χ0v) is 39.1. The Hall–Kier alpha value is -8.49. The lowest BCUT2D eigenvalue weighted by atomic mass is 9.95. The summed E-state index contributed by atoms with van der Waals surface area (Å²) in [5, 5.41) is 10.4. The van der Waals surface area contributed by atoms with Crippen LogP contribution in [-0.4, -0.2) is 66.9 Å². The molecule has 5 aromatic carbocycles. The average molecular weight is 979 g/mol. The molecule has 0 fully saturated rings. The molecule has 6 heterocycles. The molecule has 0 bridgehead atoms. The number of para-hydroxylation sites is 4. The Morgan fingerprint density at radius 3 is 1.69 bits per heavy atom. The number of carbonyl (C=O) groups is 6. The summed E-state index contributed by atoms with van der Waals surface area (Å²) in [7, 11) is 0. The van der Waals surface area contributed by atoms with Gasteiger partial charge in [-0.15, -0.1) is 0 Å². The topological polar surface area (TPSA) is 186 Å². The molecule has 4 aliphatic rings. The minimum absolute atomic E-state index is 0. The molecular formula is C57H47ClN6O8. The first-order valence-electron chi connectivity index (χ1n) is 23.5. The largest absolute Gasteiger partial charge is 0.458 e. The highest BCUT2D eigenvalue weighted by molar-refractivity contribution is 6.52. The summed E-state index contributed by atoms with van der Waals surface area (Å²) in [5.41, 5.74) is 8.01. The van der Waals surface area contributed by atoms with E-state index in [1.807, 2.05) is 114 Å². The maximum Gasteiger partial charge on any atom is 0.303 e. The Balaban J connectivity index is 0.000000154. The van der Waals surface area contributed by atoms with Crippen molar-refractivity contribution in [2.24, 2.45) is 0 Å². The van der Waals surface area contributed by atoms with Crippen LogP contribution in [0.5, 0.6) is 0 Å². The van der Waals surface area contributed by atoms with Gasteiger partial charge in [-0.2, -0.15) is 0 Å². The van der Waals surface area contributed by atoms with Crippen LogP contribution in [0.15, 0.2) is 128 Å². The predicted molar refractivity (Wildman–Crippen MR) is 278 cm³/mol. The van der Waals surface area contributed by atoms with Gasteiger partial charge in [0.05, 0.1) is 50.9 Å². The van der Waals surface area contributed by atoms with E-state index in [1.54, 1.807) is 6.20 Å². The van der Waals surface area contributed by atoms with Gasteiger partial charge in [0.25, 0.3) is 23.6 Å². The number of aromatic nitrogens is 4. The lowest BCUT2D eigenvalue weighted by Gasteiger charge is -2.25. The second-order valence-electron chi connectivity index (χ2n) is 18.3. The lowest BCUT2D eigenvalue weighted by Crippen LogP contribution is -2.22. The normalized spacial score (nSPS) is 19.5. The molecule has 72 heavy (non-hydrogen) atoms. The summed E-state index contributed by atoms with van der Waals surface area (Å²) in [6.07, 6.45) is 12.0. The van der Waals surface area contributed by atoms with Gasteiger partial charge in [0, 0.05) is 80.0 Å². The fraction of sp³-hybridized carbons (Fsp3) is 0.193. The highest BCUT2D eigenvalue weighted by atomic mass is 35.5. The van der Waals surface area contributed by atoms with E-state index in [1.165, 1.54) is 13.8 Å². The molecule has 13 rings (SSSR count). The molecule has 9 aromatic rings. The number of hydrogen-bond donors (Lipinski definition) is 4. The number of H-pyrrole nitrogens is 2. The third-order valence-electron chi connectivity index (χ3n) is 14.1. The molecule has 360 valence electrons. The van der Waals surface area contributed by atoms with Crippen molar-refractivity contribution in [2.75, 3.05) is 0 Å². The maximum absolute atomic E-state index is 13.2. The van der Waals surface area contributed by atoms with E-state index in [9.17, 15) is 28.8 Å². The van der Waals surface area contributed by atoms with Gasteiger partial charge in [-0.05, 0) is 62.1 Å². The Kier molecular flexibility index (Phi) is 11.3. The second kappa shape index (κ2) is 17.7. The van der Waals surface area contributed by atoms with Gasteiger partial charge in [-0.3, -0.25) is 39.4 Å². The van der Waals surface area contributed by atoms with Crippen molar-refractivity contribution < 1.29 is 38.2 Å². The van der Waals surface area contributed by atoms with Crippen molar-refractivity contribution in [1.29, 1.82) is 0 Å². The van der Waals surface area contributed by atoms with E-state index < -0.39 is 11.8 Å². The zero-order valence-electron chi connectivity index (χ0n) is 38.3. The van der Waals surface area contributed by atoms with Crippen molar-refractivity contribution in [1.82, 2.24) is 29.7 Å². The summed E-state index contributed by atoms with van der Waals surface area (Å²) in [4.78, 5) is 82.0. The first-order chi connectivity index (χ1) is 34.5. The lowest BCUT2D eigenvalue weighted by molar-refractivity contribution is -0.145. The number of aromatic amines is 2. The number of carbonyl (C=O) groups excluding carboxylic acids is 6. The number of amides is 4. The number of hydrogen-bond acceptors (Lipinski definition) is 8. The molecule has 0 spiro atoms. The number of allylic oxidation sites excluding steroid dienone is 2. The van der Waals surface area contributed by atoms with E-state index in [-0.39, 0.29) is 61.0 Å². The Bertz CT molecular complexity index is 3940. The van der Waals surface area contributed by atoms with Crippen LogP contribution in [-0.2, 0) is 28.7 Å². The first kappa shape index (κ1) is 45.9. The molecule has 2 aliphatic heterocycles. The standard InChI is InChI=1S/C28H22ClN3O4.C28H21N3O4.CH4/c1-15(33)36-17-12-10-16(11-13-17)32-22-9-5-3-7-19(22)23(26(32)29)25-24(27(34)31-28(25)35)20-14-30-21-8-4-2-6-18(20)21;1-14(32)35-16-12-10-15(11-13-16)31-20-9-5-3-7-18(20)22-24-23(27(33)30-28(24)34)21-17-6-2-4-8-19(17)29-25(21)26(22)31;/h2-10,12,14,16-17,30H,11,13H2,1H3,(H,31,34,35);2-10,12,15-16,29H,11,13H2,1H3,(H,30,33,34);1H4/t16?,17-;15?,16-;/m11./s1. The molecule has 0 saturated heterocycles. The third-order valence-corrected chi connectivity index (χ3v) is 14.4. The van der Waals surface area contributed by atoms with E-state index >= 15 is 0 Å². The van der Waals surface area contributed by atoms with Crippen LogP contribution in [0.25, 0.3) is 76.6 Å². The number of nitrogens with zero attached hydrogens (tertiary/aromatic N) is 2. The van der Waals surface area contributed by atoms with Crippen molar-refractivity contribution in [3.05, 3.63) is 155 Å². The predicted octanol–water partition coefficient (Wildman–Crippen LogP) is 10.9. The first-order valence-corrected chi connectivity index (χ1v) is 23.9. The molecule has 0 radical (unpaired) electrons. The van der Waals surface area contributed by atoms with Crippen molar-refractivity contribution in [2.45, 2.75) is 71.2 Å². The Morgan fingerprint density at radius 1 is 0.556 bits per heavy atom. The van der Waals surface area contributed by atoms with Crippen LogP contribution in [0.3, 0.4) is 0 Å². The quantitative estimate of drug-likeness (QED) is 0.0720. The van der Waals surface area contributed by atoms with E-state index in [0.717, 1.165) is 71.8 Å². The number of rotatable bonds is 6. The summed E-state index contributed by atoms with van der Waals surface area (Å²) >= 11 is 7.05. The molecule has 4 aromatic heterocycles. The molecule has 15 heteroatoms. The summed E-state index contributed by atoms with van der Waals surface area (Å²) < 4.78 is 15.0. The minimum atomic E-state index is -0.473. The number of nitrogens with one attached hydrogen (secondary N) is 4. The highest BCUT2D eigenvalue weighted by Crippen LogP contribution is 2.47. The van der Waals surface area contributed by atoms with E-state index in [0.29, 0.717) is 52.2 Å². The maximum atomic E-state index is 13.2. The molecule has 14 nitrogen and oxygen atoms in total. The van der Waals surface area contributed by atoms with Crippen LogP contribution in [0, 0.1) is 0 Å². The average Bonchev–Trinajstić information content (AvgIpc) is 4.20. The van der Waals surface area contributed by atoms with Crippen LogP contribution >= 0.6 is 11.6 Å². The molecule has 4 amide bonds. The number of esters is 2. The van der Waals surface area contributed by atoms with Gasteiger partial charge in [0.2, 0.25) is 0 Å². The van der Waals surface area contributed by atoms with Gasteiger partial charge in [-0.25, -0.2) is 0 Å². The Morgan fingerprint density at radius 2 is 1.07 bits per heavy atom. The Labute approximate surface area is 416 Å². The highest BCUT2D eigenvalue weighted by Gasteiger charge is 2.39. The summed E-state index contributed by atoms with van der Waals surface area (Å²) in [5.74, 6) is -2.25. The summed E-state index contributed by atoms with van der Waals surface area (Å²) in [6, 6.07) is 31.1. The van der Waals surface area contributed by atoms with E-state index in [4.69, 9.17) is 21.1 Å².